The Labute approximate surface area is 127 Å². The summed E-state index contributed by atoms with van der Waals surface area (Å²) in [4.78, 5) is 21.8. The molecule has 2 aromatic rings. The number of carbonyl (C=O) groups excluding carboxylic acids is 2. The second-order valence-electron chi connectivity index (χ2n) is 4.38. The first kappa shape index (κ1) is 15.4. The Kier molecular flexibility index (Phi) is 4.98. The fourth-order valence-electron chi connectivity index (χ4n) is 1.67. The average Bonchev–Trinajstić information content (AvgIpc) is 2.44. The third kappa shape index (κ3) is 4.82. The van der Waals surface area contributed by atoms with Gasteiger partial charge < -0.3 is 9.47 Å². The van der Waals surface area contributed by atoms with Gasteiger partial charge in [0.25, 0.3) is 0 Å². The standard InChI is InChI=1S/C16H14N2O4/c1-11(19)21-15-7-3-5-13(9-15)17-18-14-6-4-8-16(10-14)22-12(2)20/h3-10H,1-2H3. The quantitative estimate of drug-likeness (QED) is 0.486. The van der Waals surface area contributed by atoms with Crippen LogP contribution in [0.1, 0.15) is 13.8 Å². The summed E-state index contributed by atoms with van der Waals surface area (Å²) in [6, 6.07) is 13.4. The van der Waals surface area contributed by atoms with E-state index in [1.165, 1.54) is 13.8 Å². The van der Waals surface area contributed by atoms with Crippen LogP contribution in [-0.4, -0.2) is 11.9 Å². The van der Waals surface area contributed by atoms with Gasteiger partial charge in [-0.15, -0.1) is 0 Å². The van der Waals surface area contributed by atoms with Gasteiger partial charge in [0.1, 0.15) is 11.5 Å². The number of azo groups is 1. The highest BCUT2D eigenvalue weighted by Crippen LogP contribution is 2.25. The van der Waals surface area contributed by atoms with Crippen molar-refractivity contribution in [3.8, 4) is 11.5 Å². The summed E-state index contributed by atoms with van der Waals surface area (Å²) in [5, 5.41) is 8.12. The molecule has 0 amide bonds. The summed E-state index contributed by atoms with van der Waals surface area (Å²) in [5.74, 6) is 0.00145. The first-order valence-electron chi connectivity index (χ1n) is 6.51. The van der Waals surface area contributed by atoms with Gasteiger partial charge in [-0.05, 0) is 24.3 Å². The van der Waals surface area contributed by atoms with Crippen molar-refractivity contribution in [3.05, 3.63) is 48.5 Å². The molecule has 0 saturated carbocycles. The summed E-state index contributed by atoms with van der Waals surface area (Å²) in [5.41, 5.74) is 1.08. The third-order valence-electron chi connectivity index (χ3n) is 2.44. The summed E-state index contributed by atoms with van der Waals surface area (Å²) in [6.45, 7) is 2.66. The van der Waals surface area contributed by atoms with Crippen molar-refractivity contribution in [2.45, 2.75) is 13.8 Å². The SMILES string of the molecule is CC(=O)Oc1cccc(N=Nc2cccc(OC(C)=O)c2)c1. The summed E-state index contributed by atoms with van der Waals surface area (Å²) >= 11 is 0. The molecule has 0 saturated heterocycles. The number of benzene rings is 2. The van der Waals surface area contributed by atoms with Crippen molar-refractivity contribution < 1.29 is 19.1 Å². The normalized spacial score (nSPS) is 10.5. The first-order valence-corrected chi connectivity index (χ1v) is 6.51. The van der Waals surface area contributed by atoms with Crippen molar-refractivity contribution >= 4 is 23.3 Å². The number of carbonyl (C=O) groups is 2. The Hall–Kier alpha value is -3.02. The minimum absolute atomic E-state index is 0.400. The van der Waals surface area contributed by atoms with Crippen LogP contribution < -0.4 is 9.47 Å². The van der Waals surface area contributed by atoms with Crippen molar-refractivity contribution in [2.75, 3.05) is 0 Å². The molecule has 6 heteroatoms. The minimum Gasteiger partial charge on any atom is -0.427 e. The minimum atomic E-state index is -0.400. The van der Waals surface area contributed by atoms with Crippen LogP contribution in [0.25, 0.3) is 0 Å². The fraction of sp³-hybridized carbons (Fsp3) is 0.125. The fourth-order valence-corrected chi connectivity index (χ4v) is 1.67. The van der Waals surface area contributed by atoms with Crippen LogP contribution in [0.3, 0.4) is 0 Å². The second kappa shape index (κ2) is 7.12. The van der Waals surface area contributed by atoms with E-state index in [0.717, 1.165) is 0 Å². The van der Waals surface area contributed by atoms with Crippen LogP contribution in [0, 0.1) is 0 Å². The zero-order valence-corrected chi connectivity index (χ0v) is 12.1. The predicted molar refractivity (Wildman–Crippen MR) is 79.7 cm³/mol. The Morgan fingerprint density at radius 3 is 1.55 bits per heavy atom. The molecule has 0 fully saturated rings. The number of hydrogen-bond acceptors (Lipinski definition) is 6. The average molecular weight is 298 g/mol. The highest BCUT2D eigenvalue weighted by atomic mass is 16.5. The number of nitrogens with zero attached hydrogens (tertiary/aromatic N) is 2. The molecule has 0 radical (unpaired) electrons. The number of rotatable bonds is 4. The summed E-state index contributed by atoms with van der Waals surface area (Å²) in [6.07, 6.45) is 0. The molecule has 2 aromatic carbocycles. The van der Waals surface area contributed by atoms with Gasteiger partial charge in [0, 0.05) is 26.0 Å². The molecule has 22 heavy (non-hydrogen) atoms. The Bertz CT molecular complexity index is 664. The van der Waals surface area contributed by atoms with Gasteiger partial charge in [0.15, 0.2) is 0 Å². The van der Waals surface area contributed by atoms with Crippen LogP contribution >= 0.6 is 0 Å². The van der Waals surface area contributed by atoms with Gasteiger partial charge in [-0.3, -0.25) is 9.59 Å². The number of esters is 2. The van der Waals surface area contributed by atoms with Crippen molar-refractivity contribution in [1.29, 1.82) is 0 Å². The van der Waals surface area contributed by atoms with Crippen molar-refractivity contribution in [3.63, 3.8) is 0 Å². The van der Waals surface area contributed by atoms with Crippen LogP contribution in [-0.2, 0) is 9.59 Å². The van der Waals surface area contributed by atoms with Crippen LogP contribution in [0.4, 0.5) is 11.4 Å². The number of hydrogen-bond donors (Lipinski definition) is 0. The molecule has 0 unspecified atom stereocenters. The highest BCUT2D eigenvalue weighted by molar-refractivity contribution is 5.70. The molecule has 0 aliphatic rings. The molecular weight excluding hydrogens is 284 g/mol. The lowest BCUT2D eigenvalue weighted by Crippen LogP contribution is -2.00. The topological polar surface area (TPSA) is 77.3 Å². The molecular formula is C16H14N2O4. The molecule has 0 atom stereocenters. The smallest absolute Gasteiger partial charge is 0.308 e. The summed E-state index contributed by atoms with van der Waals surface area (Å²) < 4.78 is 9.94. The molecule has 0 bridgehead atoms. The second-order valence-corrected chi connectivity index (χ2v) is 4.38. The largest absolute Gasteiger partial charge is 0.427 e. The first-order chi connectivity index (χ1) is 10.5. The Morgan fingerprint density at radius 2 is 1.18 bits per heavy atom. The Balaban J connectivity index is 2.14. The molecule has 2 rings (SSSR count). The lowest BCUT2D eigenvalue weighted by molar-refractivity contribution is -0.132. The van der Waals surface area contributed by atoms with Crippen LogP contribution in [0.2, 0.25) is 0 Å². The van der Waals surface area contributed by atoms with Crippen molar-refractivity contribution in [1.82, 2.24) is 0 Å². The van der Waals surface area contributed by atoms with Gasteiger partial charge >= 0.3 is 11.9 Å². The zero-order valence-electron chi connectivity index (χ0n) is 12.1. The van der Waals surface area contributed by atoms with E-state index in [1.807, 2.05) is 0 Å². The van der Waals surface area contributed by atoms with E-state index < -0.39 is 11.9 Å². The van der Waals surface area contributed by atoms with E-state index in [1.54, 1.807) is 48.5 Å². The van der Waals surface area contributed by atoms with Gasteiger partial charge in [0.05, 0.1) is 11.4 Å². The summed E-state index contributed by atoms with van der Waals surface area (Å²) in [7, 11) is 0. The zero-order chi connectivity index (χ0) is 15.9. The predicted octanol–water partition coefficient (Wildman–Crippen LogP) is 3.95. The van der Waals surface area contributed by atoms with E-state index in [4.69, 9.17) is 9.47 Å². The van der Waals surface area contributed by atoms with Crippen molar-refractivity contribution in [2.24, 2.45) is 10.2 Å². The molecule has 112 valence electrons. The van der Waals surface area contributed by atoms with Gasteiger partial charge in [-0.1, -0.05) is 12.1 Å². The molecule has 0 heterocycles. The van der Waals surface area contributed by atoms with Crippen LogP contribution in [0.15, 0.2) is 58.8 Å². The van der Waals surface area contributed by atoms with E-state index in [-0.39, 0.29) is 0 Å². The van der Waals surface area contributed by atoms with Gasteiger partial charge in [-0.2, -0.15) is 10.2 Å². The molecule has 0 aromatic heterocycles. The molecule has 0 spiro atoms. The molecule has 0 N–H and O–H groups in total. The third-order valence-corrected chi connectivity index (χ3v) is 2.44. The number of ether oxygens (including phenoxy) is 2. The maximum absolute atomic E-state index is 10.9. The highest BCUT2D eigenvalue weighted by Gasteiger charge is 2.01. The molecule has 0 aliphatic carbocycles. The van der Waals surface area contributed by atoms with Gasteiger partial charge in [0.2, 0.25) is 0 Å². The van der Waals surface area contributed by atoms with Gasteiger partial charge in [-0.25, -0.2) is 0 Å². The van der Waals surface area contributed by atoms with E-state index in [9.17, 15) is 9.59 Å². The van der Waals surface area contributed by atoms with E-state index in [0.29, 0.717) is 22.9 Å². The van der Waals surface area contributed by atoms with Crippen LogP contribution in [0.5, 0.6) is 11.5 Å². The van der Waals surface area contributed by atoms with E-state index >= 15 is 0 Å². The Morgan fingerprint density at radius 1 is 0.773 bits per heavy atom. The van der Waals surface area contributed by atoms with E-state index in [2.05, 4.69) is 10.2 Å². The molecule has 6 nitrogen and oxygen atoms in total. The maximum Gasteiger partial charge on any atom is 0.308 e. The monoisotopic (exact) mass is 298 g/mol. The molecule has 0 aliphatic heterocycles. The lowest BCUT2D eigenvalue weighted by atomic mass is 10.3. The maximum atomic E-state index is 10.9. The lowest BCUT2D eigenvalue weighted by Gasteiger charge is -2.02.